The van der Waals surface area contributed by atoms with Crippen molar-refractivity contribution in [3.63, 3.8) is 0 Å². The van der Waals surface area contributed by atoms with E-state index in [1.54, 1.807) is 0 Å². The van der Waals surface area contributed by atoms with Crippen LogP contribution in [0.4, 0.5) is 0 Å². The fraction of sp³-hybridized carbons (Fsp3) is 0.522. The molecule has 0 aliphatic heterocycles. The fourth-order valence-corrected chi connectivity index (χ4v) is 3.27. The highest BCUT2D eigenvalue weighted by Crippen LogP contribution is 2.12. The number of rotatable bonds is 14. The summed E-state index contributed by atoms with van der Waals surface area (Å²) in [6.45, 7) is 4.82. The molecule has 36 heavy (non-hydrogen) atoms. The van der Waals surface area contributed by atoms with Crippen molar-refractivity contribution in [2.24, 2.45) is 11.7 Å². The van der Waals surface area contributed by atoms with Crippen molar-refractivity contribution in [1.29, 1.82) is 0 Å². The summed E-state index contributed by atoms with van der Waals surface area (Å²) in [6, 6.07) is -0.0723. The van der Waals surface area contributed by atoms with Crippen LogP contribution in [-0.2, 0) is 30.4 Å². The number of carbonyl (C=O) groups is 5. The number of hydrogen-bond donors (Lipinski definition) is 8. The molecule has 3 amide bonds. The van der Waals surface area contributed by atoms with E-state index in [9.17, 15) is 39.3 Å². The number of aliphatic hydroxyl groups is 1. The summed E-state index contributed by atoms with van der Waals surface area (Å²) in [4.78, 5) is 60.8. The summed E-state index contributed by atoms with van der Waals surface area (Å²) >= 11 is 0. The Kier molecular flexibility index (Phi) is 11.8. The maximum absolute atomic E-state index is 12.8. The van der Waals surface area contributed by atoms with Gasteiger partial charge >= 0.3 is 11.9 Å². The molecule has 13 heteroatoms. The summed E-state index contributed by atoms with van der Waals surface area (Å²) < 4.78 is 0. The minimum atomic E-state index is -1.66. The third-order valence-corrected chi connectivity index (χ3v) is 5.13. The van der Waals surface area contributed by atoms with Crippen molar-refractivity contribution < 1.29 is 44.4 Å². The number of nitrogens with two attached hydrogens (primary N) is 1. The zero-order valence-corrected chi connectivity index (χ0v) is 20.3. The molecule has 0 heterocycles. The highest BCUT2D eigenvalue weighted by molar-refractivity contribution is 5.95. The van der Waals surface area contributed by atoms with Gasteiger partial charge in [-0.25, -0.2) is 4.79 Å². The van der Waals surface area contributed by atoms with Crippen LogP contribution in [-0.4, -0.2) is 80.4 Å². The van der Waals surface area contributed by atoms with Gasteiger partial charge in [0.25, 0.3) is 0 Å². The van der Waals surface area contributed by atoms with Crippen molar-refractivity contribution in [1.82, 2.24) is 16.0 Å². The predicted molar refractivity (Wildman–Crippen MR) is 127 cm³/mol. The lowest BCUT2D eigenvalue weighted by atomic mass is 10.0. The Labute approximate surface area is 208 Å². The standard InChI is InChI=1S/C23H34N4O9/c1-11(2)8-15(24)20(32)25-16(10-18(30)31)21(33)27-19(12(3)28)22(34)26-17(23(35)36)9-13-4-6-14(29)7-5-13/h4-7,11-12,15-17,19,28-29H,8-10,24H2,1-3H3,(H,25,32)(H,26,34)(H,27,33)(H,30,31)(H,35,36). The second-order valence-corrected chi connectivity index (χ2v) is 8.89. The van der Waals surface area contributed by atoms with E-state index < -0.39 is 66.4 Å². The minimum Gasteiger partial charge on any atom is -0.508 e. The molecule has 0 aromatic heterocycles. The third kappa shape index (κ3) is 10.3. The molecule has 5 atom stereocenters. The Morgan fingerprint density at radius 3 is 1.89 bits per heavy atom. The van der Waals surface area contributed by atoms with Crippen LogP contribution in [0.2, 0.25) is 0 Å². The fourth-order valence-electron chi connectivity index (χ4n) is 3.27. The molecule has 200 valence electrons. The van der Waals surface area contributed by atoms with E-state index in [4.69, 9.17) is 10.8 Å². The van der Waals surface area contributed by atoms with E-state index in [2.05, 4.69) is 16.0 Å². The first-order chi connectivity index (χ1) is 16.7. The molecule has 1 aromatic rings. The lowest BCUT2D eigenvalue weighted by molar-refractivity contribution is -0.144. The van der Waals surface area contributed by atoms with Crippen LogP contribution in [0.3, 0.4) is 0 Å². The topological polar surface area (TPSA) is 228 Å². The quantitative estimate of drug-likeness (QED) is 0.147. The van der Waals surface area contributed by atoms with Crippen molar-refractivity contribution in [3.8, 4) is 5.75 Å². The van der Waals surface area contributed by atoms with Crippen molar-refractivity contribution in [3.05, 3.63) is 29.8 Å². The normalized spacial score (nSPS) is 15.2. The number of phenolic OH excluding ortho intramolecular Hbond substituents is 1. The van der Waals surface area contributed by atoms with Gasteiger partial charge in [0, 0.05) is 6.42 Å². The van der Waals surface area contributed by atoms with Crippen LogP contribution >= 0.6 is 0 Å². The summed E-state index contributed by atoms with van der Waals surface area (Å²) in [5.74, 6) is -5.64. The number of carboxylic acids is 2. The third-order valence-electron chi connectivity index (χ3n) is 5.13. The van der Waals surface area contributed by atoms with Gasteiger partial charge in [-0.05, 0) is 37.0 Å². The highest BCUT2D eigenvalue weighted by atomic mass is 16.4. The van der Waals surface area contributed by atoms with E-state index in [1.807, 2.05) is 13.8 Å². The molecule has 0 saturated carbocycles. The smallest absolute Gasteiger partial charge is 0.326 e. The lowest BCUT2D eigenvalue weighted by Gasteiger charge is -2.26. The van der Waals surface area contributed by atoms with E-state index >= 15 is 0 Å². The number of carboxylic acid groups (broad SMARTS) is 2. The van der Waals surface area contributed by atoms with Crippen molar-refractivity contribution >= 4 is 29.7 Å². The molecule has 0 saturated heterocycles. The molecule has 0 fully saturated rings. The monoisotopic (exact) mass is 510 g/mol. The van der Waals surface area contributed by atoms with Gasteiger partial charge in [-0.1, -0.05) is 26.0 Å². The van der Waals surface area contributed by atoms with E-state index in [0.717, 1.165) is 0 Å². The first-order valence-electron chi connectivity index (χ1n) is 11.3. The lowest BCUT2D eigenvalue weighted by Crippen LogP contribution is -2.60. The number of hydrogen-bond acceptors (Lipinski definition) is 8. The number of carbonyl (C=O) groups excluding carboxylic acids is 3. The Morgan fingerprint density at radius 2 is 1.42 bits per heavy atom. The van der Waals surface area contributed by atoms with Gasteiger partial charge in [0.1, 0.15) is 23.9 Å². The van der Waals surface area contributed by atoms with Gasteiger partial charge in [-0.15, -0.1) is 0 Å². The van der Waals surface area contributed by atoms with Gasteiger partial charge in [0.05, 0.1) is 18.6 Å². The predicted octanol–water partition coefficient (Wildman–Crippen LogP) is -1.30. The highest BCUT2D eigenvalue weighted by Gasteiger charge is 2.33. The van der Waals surface area contributed by atoms with Gasteiger partial charge in [0.2, 0.25) is 17.7 Å². The molecule has 9 N–H and O–H groups in total. The Hall–Kier alpha value is -3.71. The van der Waals surface area contributed by atoms with Crippen LogP contribution in [0.15, 0.2) is 24.3 Å². The summed E-state index contributed by atoms with van der Waals surface area (Å²) in [6.07, 6.45) is -2.20. The number of phenols is 1. The molecular weight excluding hydrogens is 476 g/mol. The number of amides is 3. The Bertz CT molecular complexity index is 934. The molecule has 0 radical (unpaired) electrons. The maximum Gasteiger partial charge on any atom is 0.326 e. The van der Waals surface area contributed by atoms with Crippen molar-refractivity contribution in [2.45, 2.75) is 70.3 Å². The molecule has 0 spiro atoms. The van der Waals surface area contributed by atoms with Gasteiger partial charge in [-0.3, -0.25) is 19.2 Å². The van der Waals surface area contributed by atoms with Crippen LogP contribution in [0.25, 0.3) is 0 Å². The van der Waals surface area contributed by atoms with Crippen LogP contribution in [0.5, 0.6) is 5.75 Å². The number of aliphatic hydroxyl groups excluding tert-OH is 1. The second kappa shape index (κ2) is 14.0. The molecule has 5 unspecified atom stereocenters. The van der Waals surface area contributed by atoms with E-state index in [1.165, 1.54) is 31.2 Å². The van der Waals surface area contributed by atoms with Gasteiger partial charge < -0.3 is 42.1 Å². The number of nitrogens with one attached hydrogen (secondary N) is 3. The van der Waals surface area contributed by atoms with Crippen LogP contribution in [0, 0.1) is 5.92 Å². The summed E-state index contributed by atoms with van der Waals surface area (Å²) in [7, 11) is 0. The molecular formula is C23H34N4O9. The number of benzene rings is 1. The van der Waals surface area contributed by atoms with Crippen molar-refractivity contribution in [2.75, 3.05) is 0 Å². The zero-order chi connectivity index (χ0) is 27.6. The second-order valence-electron chi connectivity index (χ2n) is 8.89. The molecule has 0 aliphatic rings. The summed E-state index contributed by atoms with van der Waals surface area (Å²) in [5, 5.41) is 44.7. The number of aromatic hydroxyl groups is 1. The average Bonchev–Trinajstić information content (AvgIpc) is 2.76. The van der Waals surface area contributed by atoms with Gasteiger partial charge in [0.15, 0.2) is 0 Å². The van der Waals surface area contributed by atoms with Crippen LogP contribution in [0.1, 0.15) is 39.2 Å². The molecule has 0 aliphatic carbocycles. The largest absolute Gasteiger partial charge is 0.508 e. The van der Waals surface area contributed by atoms with E-state index in [0.29, 0.717) is 5.56 Å². The Morgan fingerprint density at radius 1 is 0.861 bits per heavy atom. The first kappa shape index (κ1) is 30.3. The van der Waals surface area contributed by atoms with Gasteiger partial charge in [-0.2, -0.15) is 0 Å². The molecule has 13 nitrogen and oxygen atoms in total. The SMILES string of the molecule is CC(C)CC(N)C(=O)NC(CC(=O)O)C(=O)NC(C(=O)NC(Cc1ccc(O)cc1)C(=O)O)C(C)O. The maximum atomic E-state index is 12.8. The molecule has 0 bridgehead atoms. The van der Waals surface area contributed by atoms with Crippen LogP contribution < -0.4 is 21.7 Å². The minimum absolute atomic E-state index is 0.0280. The van der Waals surface area contributed by atoms with E-state index in [-0.39, 0.29) is 24.5 Å². The molecule has 1 rings (SSSR count). The first-order valence-corrected chi connectivity index (χ1v) is 11.3. The summed E-state index contributed by atoms with van der Waals surface area (Å²) in [5.41, 5.74) is 6.27. The molecule has 1 aromatic carbocycles. The average molecular weight is 511 g/mol. The zero-order valence-electron chi connectivity index (χ0n) is 20.3. The Balaban J connectivity index is 2.97. The number of aliphatic carboxylic acids is 2.